The van der Waals surface area contributed by atoms with E-state index in [1.165, 1.54) is 12.5 Å². The minimum Gasteiger partial charge on any atom is -0.443 e. The second kappa shape index (κ2) is 5.51. The van der Waals surface area contributed by atoms with Crippen LogP contribution in [0.1, 0.15) is 5.82 Å². The molecule has 2 heterocycles. The van der Waals surface area contributed by atoms with Gasteiger partial charge in [-0.15, -0.1) is 0 Å². The highest BCUT2D eigenvalue weighted by Gasteiger charge is 2.34. The zero-order valence-electron chi connectivity index (χ0n) is 11.1. The summed E-state index contributed by atoms with van der Waals surface area (Å²) < 4.78 is 41.4. The SMILES string of the molecule is FC(F)(F)c1nc2ccccc2[nH]1.c1ccc2ocnc2c1. The molecule has 0 amide bonds. The monoisotopic (exact) mass is 305 g/mol. The third-order valence-corrected chi connectivity index (χ3v) is 2.89. The number of hydrogen-bond donors (Lipinski definition) is 1. The van der Waals surface area contributed by atoms with E-state index >= 15 is 0 Å². The maximum Gasteiger partial charge on any atom is 0.449 e. The first-order valence-corrected chi connectivity index (χ1v) is 6.34. The number of oxazole rings is 1. The summed E-state index contributed by atoms with van der Waals surface area (Å²) in [5.74, 6) is -0.950. The third-order valence-electron chi connectivity index (χ3n) is 2.89. The van der Waals surface area contributed by atoms with Gasteiger partial charge >= 0.3 is 6.18 Å². The lowest BCUT2D eigenvalue weighted by Gasteiger charge is -1.98. The van der Waals surface area contributed by atoms with Crippen LogP contribution in [0.2, 0.25) is 0 Å². The van der Waals surface area contributed by atoms with E-state index in [9.17, 15) is 13.2 Å². The normalized spacial score (nSPS) is 11.4. The fourth-order valence-electron chi connectivity index (χ4n) is 1.89. The van der Waals surface area contributed by atoms with E-state index in [1.54, 1.807) is 18.2 Å². The molecular formula is C15H10F3N3O. The van der Waals surface area contributed by atoms with Crippen molar-refractivity contribution in [3.63, 3.8) is 0 Å². The lowest BCUT2D eigenvalue weighted by atomic mass is 10.3. The lowest BCUT2D eigenvalue weighted by Crippen LogP contribution is -2.06. The quantitative estimate of drug-likeness (QED) is 0.523. The van der Waals surface area contributed by atoms with Crippen LogP contribution < -0.4 is 0 Å². The lowest BCUT2D eigenvalue weighted by molar-refractivity contribution is -0.144. The summed E-state index contributed by atoms with van der Waals surface area (Å²) in [7, 11) is 0. The van der Waals surface area contributed by atoms with E-state index in [1.807, 2.05) is 24.3 Å². The maximum absolute atomic E-state index is 12.1. The Kier molecular flexibility index (Phi) is 3.54. The van der Waals surface area contributed by atoms with E-state index in [-0.39, 0.29) is 0 Å². The summed E-state index contributed by atoms with van der Waals surface area (Å²) in [6.45, 7) is 0. The van der Waals surface area contributed by atoms with Gasteiger partial charge in [-0.25, -0.2) is 9.97 Å². The van der Waals surface area contributed by atoms with Crippen LogP contribution in [-0.4, -0.2) is 15.0 Å². The Morgan fingerprint density at radius 3 is 2.27 bits per heavy atom. The van der Waals surface area contributed by atoms with E-state index < -0.39 is 12.0 Å². The average Bonchev–Trinajstić information content (AvgIpc) is 3.14. The molecule has 112 valence electrons. The molecule has 0 aliphatic rings. The number of halogens is 3. The highest BCUT2D eigenvalue weighted by atomic mass is 19.4. The summed E-state index contributed by atoms with van der Waals surface area (Å²) in [5, 5.41) is 0. The summed E-state index contributed by atoms with van der Waals surface area (Å²) in [6.07, 6.45) is -2.95. The molecule has 1 N–H and O–H groups in total. The molecule has 0 radical (unpaired) electrons. The molecule has 0 fully saturated rings. The number of aromatic amines is 1. The van der Waals surface area contributed by atoms with Gasteiger partial charge in [0, 0.05) is 0 Å². The second-order valence-corrected chi connectivity index (χ2v) is 4.42. The number of para-hydroxylation sites is 4. The van der Waals surface area contributed by atoms with Crippen molar-refractivity contribution in [2.24, 2.45) is 0 Å². The van der Waals surface area contributed by atoms with Gasteiger partial charge in [0.25, 0.3) is 0 Å². The van der Waals surface area contributed by atoms with Gasteiger partial charge in [-0.3, -0.25) is 0 Å². The predicted molar refractivity (Wildman–Crippen MR) is 75.1 cm³/mol. The van der Waals surface area contributed by atoms with Crippen molar-refractivity contribution in [3.8, 4) is 0 Å². The van der Waals surface area contributed by atoms with Crippen molar-refractivity contribution in [1.29, 1.82) is 0 Å². The number of alkyl halides is 3. The first-order chi connectivity index (χ1) is 10.5. The molecule has 0 aliphatic carbocycles. The van der Waals surface area contributed by atoms with Crippen LogP contribution in [0.5, 0.6) is 0 Å². The summed E-state index contributed by atoms with van der Waals surface area (Å²) in [6, 6.07) is 14.0. The Morgan fingerprint density at radius 1 is 0.909 bits per heavy atom. The molecule has 0 atom stereocenters. The number of benzene rings is 2. The molecule has 7 heteroatoms. The predicted octanol–water partition coefficient (Wildman–Crippen LogP) is 4.41. The summed E-state index contributed by atoms with van der Waals surface area (Å²) >= 11 is 0. The first kappa shape index (κ1) is 14.1. The Bertz CT molecular complexity index is 832. The van der Waals surface area contributed by atoms with E-state index in [0.717, 1.165) is 11.1 Å². The maximum atomic E-state index is 12.1. The van der Waals surface area contributed by atoms with Gasteiger partial charge in [-0.2, -0.15) is 13.2 Å². The van der Waals surface area contributed by atoms with E-state index in [0.29, 0.717) is 11.0 Å². The number of imidazole rings is 1. The fourth-order valence-corrected chi connectivity index (χ4v) is 1.89. The van der Waals surface area contributed by atoms with Crippen molar-refractivity contribution in [2.45, 2.75) is 6.18 Å². The van der Waals surface area contributed by atoms with Crippen LogP contribution in [0.25, 0.3) is 22.1 Å². The fraction of sp³-hybridized carbons (Fsp3) is 0.0667. The number of fused-ring (bicyclic) bond motifs is 2. The van der Waals surface area contributed by atoms with E-state index in [2.05, 4.69) is 15.0 Å². The highest BCUT2D eigenvalue weighted by molar-refractivity contribution is 5.74. The molecule has 0 spiro atoms. The number of hydrogen-bond acceptors (Lipinski definition) is 3. The van der Waals surface area contributed by atoms with Gasteiger partial charge in [0.1, 0.15) is 5.52 Å². The number of nitrogens with zero attached hydrogens (tertiary/aromatic N) is 2. The van der Waals surface area contributed by atoms with Crippen molar-refractivity contribution in [2.75, 3.05) is 0 Å². The van der Waals surface area contributed by atoms with Crippen molar-refractivity contribution in [3.05, 3.63) is 60.7 Å². The standard InChI is InChI=1S/C8H5F3N2.C7H5NO/c9-8(10,11)7-12-5-3-1-2-4-6(5)13-7;1-2-4-7-6(3-1)8-5-9-7/h1-4H,(H,12,13);1-5H. The third kappa shape index (κ3) is 2.93. The van der Waals surface area contributed by atoms with Gasteiger partial charge in [0.05, 0.1) is 11.0 Å². The molecule has 0 saturated carbocycles. The number of H-pyrrole nitrogens is 1. The Morgan fingerprint density at radius 2 is 1.59 bits per heavy atom. The molecule has 0 aliphatic heterocycles. The smallest absolute Gasteiger partial charge is 0.443 e. The van der Waals surface area contributed by atoms with E-state index in [4.69, 9.17) is 4.42 Å². The van der Waals surface area contributed by atoms with Crippen LogP contribution in [0.4, 0.5) is 13.2 Å². The van der Waals surface area contributed by atoms with Gasteiger partial charge in [0.15, 0.2) is 12.0 Å². The molecule has 2 aromatic carbocycles. The second-order valence-electron chi connectivity index (χ2n) is 4.42. The minimum atomic E-state index is -4.40. The van der Waals surface area contributed by atoms with Gasteiger partial charge < -0.3 is 9.40 Å². The van der Waals surface area contributed by atoms with Crippen molar-refractivity contribution < 1.29 is 17.6 Å². The van der Waals surface area contributed by atoms with Crippen LogP contribution >= 0.6 is 0 Å². The topological polar surface area (TPSA) is 54.7 Å². The number of nitrogens with one attached hydrogen (secondary N) is 1. The van der Waals surface area contributed by atoms with Crippen molar-refractivity contribution in [1.82, 2.24) is 15.0 Å². The zero-order valence-corrected chi connectivity index (χ0v) is 11.1. The molecule has 0 unspecified atom stereocenters. The first-order valence-electron chi connectivity index (χ1n) is 6.34. The van der Waals surface area contributed by atoms with Gasteiger partial charge in [0.2, 0.25) is 5.82 Å². The molecule has 2 aromatic heterocycles. The molecule has 4 nitrogen and oxygen atoms in total. The number of aromatic nitrogens is 3. The molecule has 0 saturated heterocycles. The highest BCUT2D eigenvalue weighted by Crippen LogP contribution is 2.28. The molecule has 4 aromatic rings. The molecular weight excluding hydrogens is 295 g/mol. The van der Waals surface area contributed by atoms with Gasteiger partial charge in [-0.1, -0.05) is 24.3 Å². The van der Waals surface area contributed by atoms with Crippen molar-refractivity contribution >= 4 is 22.1 Å². The summed E-state index contributed by atoms with van der Waals surface area (Å²) in [5.41, 5.74) is 2.49. The minimum absolute atomic E-state index is 0.329. The molecule has 22 heavy (non-hydrogen) atoms. The zero-order chi connectivity index (χ0) is 15.6. The van der Waals surface area contributed by atoms with Gasteiger partial charge in [-0.05, 0) is 24.3 Å². The Balaban J connectivity index is 0.000000139. The number of rotatable bonds is 0. The largest absolute Gasteiger partial charge is 0.449 e. The molecule has 0 bridgehead atoms. The summed E-state index contributed by atoms with van der Waals surface area (Å²) in [4.78, 5) is 9.55. The van der Waals surface area contributed by atoms with Crippen LogP contribution in [-0.2, 0) is 6.18 Å². The van der Waals surface area contributed by atoms with Crippen LogP contribution in [0, 0.1) is 0 Å². The van der Waals surface area contributed by atoms with Crippen LogP contribution in [0.15, 0.2) is 59.3 Å². The van der Waals surface area contributed by atoms with Crippen LogP contribution in [0.3, 0.4) is 0 Å². The Labute approximate surface area is 122 Å². The Hall–Kier alpha value is -2.83. The molecule has 4 rings (SSSR count). The average molecular weight is 305 g/mol.